The Morgan fingerprint density at radius 3 is 2.38 bits per heavy atom. The van der Waals surface area contributed by atoms with E-state index in [1.807, 2.05) is 19.1 Å². The van der Waals surface area contributed by atoms with Gasteiger partial charge in [0.15, 0.2) is 0 Å². The van der Waals surface area contributed by atoms with Gasteiger partial charge in [-0.05, 0) is 49.1 Å². The Labute approximate surface area is 157 Å². The van der Waals surface area contributed by atoms with Crippen molar-refractivity contribution in [3.63, 3.8) is 0 Å². The number of halogens is 1. The average molecular weight is 397 g/mol. The smallest absolute Gasteiger partial charge is 0.248 e. The van der Waals surface area contributed by atoms with E-state index in [1.165, 1.54) is 19.1 Å². The van der Waals surface area contributed by atoms with Crippen LogP contribution in [0.25, 0.3) is 0 Å². The fourth-order valence-electron chi connectivity index (χ4n) is 2.49. The van der Waals surface area contributed by atoms with Crippen molar-refractivity contribution in [2.45, 2.75) is 24.8 Å². The number of thioether (sulfide) groups is 1. The molecule has 8 heteroatoms. The molecule has 0 bridgehead atoms. The summed E-state index contributed by atoms with van der Waals surface area (Å²) in [6.07, 6.45) is 1.01. The normalized spacial score (nSPS) is 12.5. The first-order valence-electron chi connectivity index (χ1n) is 8.01. The van der Waals surface area contributed by atoms with Gasteiger partial charge in [0.1, 0.15) is 11.9 Å². The minimum Gasteiger partial charge on any atom is -0.323 e. The molecule has 0 fully saturated rings. The molecule has 0 saturated heterocycles. The topological polar surface area (TPSA) is 66.5 Å². The lowest BCUT2D eigenvalue weighted by Crippen LogP contribution is -2.45. The van der Waals surface area contributed by atoms with Gasteiger partial charge in [-0.2, -0.15) is 0 Å². The van der Waals surface area contributed by atoms with Crippen molar-refractivity contribution in [1.29, 1.82) is 0 Å². The van der Waals surface area contributed by atoms with Crippen LogP contribution in [0.1, 0.15) is 13.8 Å². The molecular weight excluding hydrogens is 375 g/mol. The van der Waals surface area contributed by atoms with Crippen molar-refractivity contribution in [1.82, 2.24) is 0 Å². The van der Waals surface area contributed by atoms with Crippen LogP contribution in [0, 0.1) is 5.82 Å². The minimum atomic E-state index is -3.74. The Hall–Kier alpha value is -2.06. The summed E-state index contributed by atoms with van der Waals surface area (Å²) in [5, 5.41) is 2.79. The fraction of sp³-hybridized carbons (Fsp3) is 0.278. The van der Waals surface area contributed by atoms with Crippen LogP contribution in [0.15, 0.2) is 53.4 Å². The summed E-state index contributed by atoms with van der Waals surface area (Å²) in [4.78, 5) is 13.6. The summed E-state index contributed by atoms with van der Waals surface area (Å²) < 4.78 is 38.6. The van der Waals surface area contributed by atoms with Crippen LogP contribution < -0.4 is 9.62 Å². The molecule has 0 aliphatic heterocycles. The van der Waals surface area contributed by atoms with Gasteiger partial charge >= 0.3 is 0 Å². The maximum Gasteiger partial charge on any atom is 0.248 e. The molecule has 0 saturated carbocycles. The predicted molar refractivity (Wildman–Crippen MR) is 105 cm³/mol. The Morgan fingerprint density at radius 2 is 1.81 bits per heavy atom. The third-order valence-electron chi connectivity index (χ3n) is 3.61. The van der Waals surface area contributed by atoms with Crippen LogP contribution in [0.5, 0.6) is 0 Å². The summed E-state index contributed by atoms with van der Waals surface area (Å²) in [6.45, 7) is 3.50. The van der Waals surface area contributed by atoms with Gasteiger partial charge in [0, 0.05) is 4.90 Å². The first-order chi connectivity index (χ1) is 12.2. The Kier molecular flexibility index (Phi) is 6.66. The summed E-state index contributed by atoms with van der Waals surface area (Å²) in [5.74, 6) is -0.109. The number of sulfonamides is 1. The second kappa shape index (κ2) is 8.55. The number of nitrogens with one attached hydrogen (secondary N) is 1. The van der Waals surface area contributed by atoms with Crippen molar-refractivity contribution >= 4 is 39.1 Å². The Balaban J connectivity index is 2.30. The van der Waals surface area contributed by atoms with E-state index in [4.69, 9.17) is 0 Å². The highest BCUT2D eigenvalue weighted by molar-refractivity contribution is 7.99. The van der Waals surface area contributed by atoms with Crippen LogP contribution in [-0.2, 0) is 14.8 Å². The summed E-state index contributed by atoms with van der Waals surface area (Å²) in [7, 11) is -3.74. The second-order valence-corrected chi connectivity index (χ2v) is 8.79. The lowest BCUT2D eigenvalue weighted by atomic mass is 10.2. The molecule has 0 aliphatic rings. The number of para-hydroxylation sites is 1. The average Bonchev–Trinajstić information content (AvgIpc) is 2.57. The second-order valence-electron chi connectivity index (χ2n) is 5.63. The molecule has 0 radical (unpaired) electrons. The highest BCUT2D eigenvalue weighted by Crippen LogP contribution is 2.28. The number of carbonyl (C=O) groups is 1. The summed E-state index contributed by atoms with van der Waals surface area (Å²) in [6, 6.07) is 11.3. The number of benzene rings is 2. The minimum absolute atomic E-state index is 0.229. The molecule has 2 rings (SSSR count). The van der Waals surface area contributed by atoms with E-state index in [0.717, 1.165) is 33.3 Å². The molecule has 2 aromatic rings. The van der Waals surface area contributed by atoms with Gasteiger partial charge in [0.05, 0.1) is 17.6 Å². The van der Waals surface area contributed by atoms with E-state index in [9.17, 15) is 17.6 Å². The number of rotatable bonds is 7. The third-order valence-corrected chi connectivity index (χ3v) is 5.81. The maximum absolute atomic E-state index is 13.2. The number of hydrogen-bond donors (Lipinski definition) is 1. The Morgan fingerprint density at radius 1 is 1.19 bits per heavy atom. The molecular formula is C18H21FN2O3S2. The molecule has 5 nitrogen and oxygen atoms in total. The van der Waals surface area contributed by atoms with Crippen LogP contribution in [-0.4, -0.2) is 32.4 Å². The number of nitrogens with zero attached hydrogens (tertiary/aromatic N) is 1. The van der Waals surface area contributed by atoms with Crippen LogP contribution >= 0.6 is 11.8 Å². The molecule has 0 aliphatic carbocycles. The van der Waals surface area contributed by atoms with Crippen molar-refractivity contribution in [2.24, 2.45) is 0 Å². The summed E-state index contributed by atoms with van der Waals surface area (Å²) in [5.41, 5.74) is 0.858. The lowest BCUT2D eigenvalue weighted by Gasteiger charge is -2.28. The SMILES string of the molecule is CCSc1ccccc1NC(=O)[C@@H](C)N(c1ccc(F)cc1)S(C)(=O)=O. The summed E-state index contributed by atoms with van der Waals surface area (Å²) >= 11 is 1.58. The van der Waals surface area contributed by atoms with Crippen LogP contribution in [0.3, 0.4) is 0 Å². The molecule has 0 aromatic heterocycles. The lowest BCUT2D eigenvalue weighted by molar-refractivity contribution is -0.116. The number of carbonyl (C=O) groups excluding carboxylic acids is 1. The zero-order valence-electron chi connectivity index (χ0n) is 14.8. The quantitative estimate of drug-likeness (QED) is 0.724. The van der Waals surface area contributed by atoms with Crippen molar-refractivity contribution in [3.05, 3.63) is 54.3 Å². The van der Waals surface area contributed by atoms with Gasteiger partial charge in [0.25, 0.3) is 0 Å². The van der Waals surface area contributed by atoms with Gasteiger partial charge < -0.3 is 5.32 Å². The van der Waals surface area contributed by atoms with Gasteiger partial charge in [-0.1, -0.05) is 19.1 Å². The van der Waals surface area contributed by atoms with E-state index in [0.29, 0.717) is 5.69 Å². The third kappa shape index (κ3) is 4.98. The van der Waals surface area contributed by atoms with E-state index in [-0.39, 0.29) is 5.69 Å². The molecule has 0 unspecified atom stereocenters. The molecule has 1 N–H and O–H groups in total. The first kappa shape index (κ1) is 20.3. The van der Waals surface area contributed by atoms with Gasteiger partial charge in [-0.3, -0.25) is 9.10 Å². The molecule has 0 heterocycles. The molecule has 1 atom stereocenters. The molecule has 26 heavy (non-hydrogen) atoms. The maximum atomic E-state index is 13.2. The molecule has 1 amide bonds. The Bertz CT molecular complexity index is 870. The highest BCUT2D eigenvalue weighted by atomic mass is 32.2. The zero-order chi connectivity index (χ0) is 19.3. The highest BCUT2D eigenvalue weighted by Gasteiger charge is 2.29. The largest absolute Gasteiger partial charge is 0.323 e. The van der Waals surface area contributed by atoms with E-state index >= 15 is 0 Å². The number of anilines is 2. The standard InChI is InChI=1S/C18H21FN2O3S2/c1-4-25-17-8-6-5-7-16(17)20-18(22)13(2)21(26(3,23)24)15-11-9-14(19)10-12-15/h5-13H,4H2,1-3H3,(H,20,22)/t13-/m1/s1. The van der Waals surface area contributed by atoms with Gasteiger partial charge in [0.2, 0.25) is 15.9 Å². The van der Waals surface area contributed by atoms with E-state index in [2.05, 4.69) is 5.32 Å². The molecule has 2 aromatic carbocycles. The number of amides is 1. The zero-order valence-corrected chi connectivity index (χ0v) is 16.4. The predicted octanol–water partition coefficient (Wildman–Crippen LogP) is 3.73. The molecule has 140 valence electrons. The van der Waals surface area contributed by atoms with Crippen molar-refractivity contribution in [2.75, 3.05) is 21.6 Å². The van der Waals surface area contributed by atoms with Gasteiger partial charge in [-0.25, -0.2) is 12.8 Å². The van der Waals surface area contributed by atoms with Crippen LogP contribution in [0.2, 0.25) is 0 Å². The van der Waals surface area contributed by atoms with Crippen molar-refractivity contribution < 1.29 is 17.6 Å². The van der Waals surface area contributed by atoms with E-state index < -0.39 is 27.8 Å². The molecule has 0 spiro atoms. The van der Waals surface area contributed by atoms with E-state index in [1.54, 1.807) is 23.9 Å². The first-order valence-corrected chi connectivity index (χ1v) is 10.8. The van der Waals surface area contributed by atoms with Gasteiger partial charge in [-0.15, -0.1) is 11.8 Å². The van der Waals surface area contributed by atoms with Crippen molar-refractivity contribution in [3.8, 4) is 0 Å². The van der Waals surface area contributed by atoms with Crippen LogP contribution in [0.4, 0.5) is 15.8 Å². The monoisotopic (exact) mass is 396 g/mol. The number of hydrogen-bond acceptors (Lipinski definition) is 4. The fourth-order valence-corrected chi connectivity index (χ4v) is 4.42.